The van der Waals surface area contributed by atoms with Crippen LogP contribution in [0.5, 0.6) is 0 Å². The van der Waals surface area contributed by atoms with E-state index in [1.54, 1.807) is 0 Å². The zero-order valence-corrected chi connectivity index (χ0v) is 10.4. The van der Waals surface area contributed by atoms with Crippen molar-refractivity contribution in [3.05, 3.63) is 11.8 Å². The normalized spacial score (nSPS) is 21.2. The molecular weight excluding hydrogens is 212 g/mol. The lowest BCUT2D eigenvalue weighted by Crippen LogP contribution is -2.23. The van der Waals surface area contributed by atoms with Crippen molar-refractivity contribution < 1.29 is 19.4 Å². The first kappa shape index (κ1) is 12.3. The Morgan fingerprint density at radius 1 is 1.53 bits per heavy atom. The minimum atomic E-state index is -1.12. The molecule has 0 aromatic rings. The number of carbonyl (C=O) groups excluding carboxylic acids is 1. The van der Waals surface area contributed by atoms with Gasteiger partial charge in [0.15, 0.2) is 6.10 Å². The summed E-state index contributed by atoms with van der Waals surface area (Å²) in [6.45, 7) is 7.14. The van der Waals surface area contributed by atoms with Gasteiger partial charge in [0.2, 0.25) is 0 Å². The van der Waals surface area contributed by atoms with Gasteiger partial charge in [-0.1, -0.05) is 19.6 Å². The average molecular weight is 230 g/mol. The Balaban J connectivity index is 2.38. The molecule has 0 bridgehead atoms. The zero-order valence-electron chi connectivity index (χ0n) is 9.45. The van der Waals surface area contributed by atoms with E-state index in [4.69, 9.17) is 14.6 Å². The van der Waals surface area contributed by atoms with E-state index in [1.807, 2.05) is 0 Å². The van der Waals surface area contributed by atoms with Crippen LogP contribution in [0.4, 0.5) is 0 Å². The van der Waals surface area contributed by atoms with Crippen LogP contribution in [0, 0.1) is 0 Å². The predicted octanol–water partition coefficient (Wildman–Crippen LogP) is 1.14. The second kappa shape index (κ2) is 4.81. The molecule has 1 aliphatic rings. The molecule has 0 saturated carbocycles. The van der Waals surface area contributed by atoms with E-state index >= 15 is 0 Å². The number of esters is 1. The maximum absolute atomic E-state index is 10.9. The van der Waals surface area contributed by atoms with E-state index in [-0.39, 0.29) is 6.61 Å². The molecule has 1 atom stereocenters. The lowest BCUT2D eigenvalue weighted by Gasteiger charge is -2.17. The van der Waals surface area contributed by atoms with Crippen molar-refractivity contribution in [2.45, 2.75) is 31.8 Å². The molecule has 86 valence electrons. The fourth-order valence-electron chi connectivity index (χ4n) is 1.18. The third kappa shape index (κ3) is 4.05. The molecule has 0 spiro atoms. The third-order valence-corrected chi connectivity index (χ3v) is 3.83. The first-order valence-electron chi connectivity index (χ1n) is 5.08. The van der Waals surface area contributed by atoms with Crippen LogP contribution in [-0.2, 0) is 14.3 Å². The molecule has 0 aliphatic carbocycles. The van der Waals surface area contributed by atoms with Crippen LogP contribution in [0.2, 0.25) is 25.7 Å². The largest absolute Gasteiger partial charge is 0.494 e. The fraction of sp³-hybridized carbons (Fsp3) is 0.700. The number of hydrogen-bond acceptors (Lipinski definition) is 4. The summed E-state index contributed by atoms with van der Waals surface area (Å²) in [4.78, 5) is 10.9. The molecule has 0 radical (unpaired) electrons. The van der Waals surface area contributed by atoms with E-state index < -0.39 is 20.1 Å². The molecule has 15 heavy (non-hydrogen) atoms. The average Bonchev–Trinajstić information content (AvgIpc) is 2.44. The molecule has 1 rings (SSSR count). The number of hydrogen-bond donors (Lipinski definition) is 1. The van der Waals surface area contributed by atoms with Crippen LogP contribution in [0.15, 0.2) is 11.8 Å². The van der Waals surface area contributed by atoms with E-state index in [0.717, 1.165) is 6.04 Å². The SMILES string of the molecule is C[Si](C)(C)CCOC1=CC(=O)OC1CO. The quantitative estimate of drug-likeness (QED) is 0.568. The maximum Gasteiger partial charge on any atom is 0.335 e. The standard InChI is InChI=1S/C10H18O4Si/c1-15(2,3)5-4-13-8-6-10(12)14-9(8)7-11/h6,9,11H,4-5,7H2,1-3H3. The molecule has 1 unspecified atom stereocenters. The molecule has 0 aromatic carbocycles. The molecule has 0 aromatic heterocycles. The van der Waals surface area contributed by atoms with Crippen LogP contribution in [0.3, 0.4) is 0 Å². The highest BCUT2D eigenvalue weighted by molar-refractivity contribution is 6.76. The predicted molar refractivity (Wildman–Crippen MR) is 59.2 cm³/mol. The van der Waals surface area contributed by atoms with E-state index in [9.17, 15) is 4.79 Å². The van der Waals surface area contributed by atoms with Gasteiger partial charge in [0.1, 0.15) is 5.76 Å². The summed E-state index contributed by atoms with van der Waals surface area (Å²) in [5.41, 5.74) is 0. The molecule has 1 aliphatic heterocycles. The molecule has 0 amide bonds. The molecule has 1 heterocycles. The number of aliphatic hydroxyl groups is 1. The van der Waals surface area contributed by atoms with Gasteiger partial charge in [-0.25, -0.2) is 4.79 Å². The van der Waals surface area contributed by atoms with Crippen molar-refractivity contribution in [3.63, 3.8) is 0 Å². The first-order valence-corrected chi connectivity index (χ1v) is 8.79. The monoisotopic (exact) mass is 230 g/mol. The molecular formula is C10H18O4Si. The van der Waals surface area contributed by atoms with Gasteiger partial charge in [-0.2, -0.15) is 0 Å². The van der Waals surface area contributed by atoms with Crippen molar-refractivity contribution in [1.82, 2.24) is 0 Å². The number of cyclic esters (lactones) is 1. The van der Waals surface area contributed by atoms with Crippen LogP contribution < -0.4 is 0 Å². The van der Waals surface area contributed by atoms with Crippen molar-refractivity contribution >= 4 is 14.0 Å². The van der Waals surface area contributed by atoms with Gasteiger partial charge in [0.25, 0.3) is 0 Å². The first-order chi connectivity index (χ1) is 6.92. The fourth-order valence-corrected chi connectivity index (χ4v) is 1.89. The molecule has 0 saturated heterocycles. The Kier molecular flexibility index (Phi) is 3.93. The summed E-state index contributed by atoms with van der Waals surface area (Å²) < 4.78 is 10.3. The summed E-state index contributed by atoms with van der Waals surface area (Å²) >= 11 is 0. The van der Waals surface area contributed by atoms with Gasteiger partial charge < -0.3 is 14.6 Å². The number of ether oxygens (including phenoxy) is 2. The van der Waals surface area contributed by atoms with Gasteiger partial charge in [0.05, 0.1) is 19.3 Å². The van der Waals surface area contributed by atoms with E-state index in [1.165, 1.54) is 6.08 Å². The van der Waals surface area contributed by atoms with Gasteiger partial charge in [-0.3, -0.25) is 0 Å². The highest BCUT2D eigenvalue weighted by Gasteiger charge is 2.27. The Bertz CT molecular complexity index is 267. The van der Waals surface area contributed by atoms with Crippen molar-refractivity contribution in [1.29, 1.82) is 0 Å². The smallest absolute Gasteiger partial charge is 0.335 e. The topological polar surface area (TPSA) is 55.8 Å². The molecule has 1 N–H and O–H groups in total. The summed E-state index contributed by atoms with van der Waals surface area (Å²) in [5, 5.41) is 8.92. The lowest BCUT2D eigenvalue weighted by molar-refractivity contribution is -0.141. The number of carbonyl (C=O) groups is 1. The highest BCUT2D eigenvalue weighted by Crippen LogP contribution is 2.18. The summed E-state index contributed by atoms with van der Waals surface area (Å²) in [7, 11) is -1.12. The van der Waals surface area contributed by atoms with Crippen LogP contribution in [0.1, 0.15) is 0 Å². The number of aliphatic hydroxyl groups excluding tert-OH is 1. The van der Waals surface area contributed by atoms with E-state index in [2.05, 4.69) is 19.6 Å². The second-order valence-corrected chi connectivity index (χ2v) is 10.4. The Morgan fingerprint density at radius 3 is 2.73 bits per heavy atom. The van der Waals surface area contributed by atoms with Crippen molar-refractivity contribution in [2.24, 2.45) is 0 Å². The molecule has 4 nitrogen and oxygen atoms in total. The molecule has 0 fully saturated rings. The van der Waals surface area contributed by atoms with Crippen LogP contribution >= 0.6 is 0 Å². The molecule has 5 heteroatoms. The summed E-state index contributed by atoms with van der Waals surface area (Å²) in [6, 6.07) is 1.02. The van der Waals surface area contributed by atoms with Gasteiger partial charge >= 0.3 is 5.97 Å². The van der Waals surface area contributed by atoms with Gasteiger partial charge in [-0.15, -0.1) is 0 Å². The zero-order chi connectivity index (χ0) is 11.5. The second-order valence-electron chi connectivity index (χ2n) is 4.81. The lowest BCUT2D eigenvalue weighted by atomic mass is 10.3. The Labute approximate surface area is 90.9 Å². The van der Waals surface area contributed by atoms with Crippen molar-refractivity contribution in [3.8, 4) is 0 Å². The van der Waals surface area contributed by atoms with Gasteiger partial charge in [0, 0.05) is 8.07 Å². The van der Waals surface area contributed by atoms with Crippen LogP contribution in [0.25, 0.3) is 0 Å². The summed E-state index contributed by atoms with van der Waals surface area (Å²) in [5.74, 6) is 0.0257. The van der Waals surface area contributed by atoms with E-state index in [0.29, 0.717) is 12.4 Å². The Hall–Kier alpha value is -0.813. The van der Waals surface area contributed by atoms with Crippen LogP contribution in [-0.4, -0.2) is 38.5 Å². The minimum absolute atomic E-state index is 0.218. The number of rotatable bonds is 5. The summed E-state index contributed by atoms with van der Waals surface area (Å²) in [6.07, 6.45) is 0.713. The maximum atomic E-state index is 10.9. The highest BCUT2D eigenvalue weighted by atomic mass is 28.3. The Morgan fingerprint density at radius 2 is 2.20 bits per heavy atom. The minimum Gasteiger partial charge on any atom is -0.494 e. The van der Waals surface area contributed by atoms with Gasteiger partial charge in [-0.05, 0) is 6.04 Å². The third-order valence-electron chi connectivity index (χ3n) is 2.12. The van der Waals surface area contributed by atoms with Crippen molar-refractivity contribution in [2.75, 3.05) is 13.2 Å².